The summed E-state index contributed by atoms with van der Waals surface area (Å²) >= 11 is 0. The van der Waals surface area contributed by atoms with Crippen LogP contribution in [0.15, 0.2) is 18.2 Å². The topological polar surface area (TPSA) is 132 Å². The Balaban J connectivity index is 1.89. The Morgan fingerprint density at radius 2 is 2.11 bits per heavy atom. The lowest BCUT2D eigenvalue weighted by atomic mass is 10.1. The molecule has 5 N–H and O–H groups in total. The van der Waals surface area contributed by atoms with Crippen LogP contribution < -0.4 is 26.4 Å². The van der Waals surface area contributed by atoms with Crippen LogP contribution in [0.25, 0.3) is 0 Å². The van der Waals surface area contributed by atoms with Crippen LogP contribution in [-0.2, 0) is 14.3 Å². The molecule has 1 saturated heterocycles. The van der Waals surface area contributed by atoms with Gasteiger partial charge in [0.15, 0.2) is 0 Å². The van der Waals surface area contributed by atoms with Gasteiger partial charge in [-0.05, 0) is 32.0 Å². The molecule has 0 unspecified atom stereocenters. The summed E-state index contributed by atoms with van der Waals surface area (Å²) in [6.45, 7) is 4.40. The molecule has 1 fully saturated rings. The molecule has 0 spiro atoms. The molecule has 0 bridgehead atoms. The minimum atomic E-state index is -1.54. The maximum atomic E-state index is 14.3. The molecular formula is C17H24FN5O5. The summed E-state index contributed by atoms with van der Waals surface area (Å²) < 4.78 is 19.4. The fourth-order valence-electron chi connectivity index (χ4n) is 2.33. The van der Waals surface area contributed by atoms with Crippen molar-refractivity contribution in [2.45, 2.75) is 32.5 Å². The highest BCUT2D eigenvalue weighted by Gasteiger charge is 2.32. The maximum Gasteiger partial charge on any atom is 0.414 e. The molecule has 1 aliphatic heterocycles. The first kappa shape index (κ1) is 21.4. The summed E-state index contributed by atoms with van der Waals surface area (Å²) in [5, 5.41) is 14.8. The lowest BCUT2D eigenvalue weighted by molar-refractivity contribution is -0.137. The average Bonchev–Trinajstić information content (AvgIpc) is 2.97. The molecule has 2 rings (SSSR count). The number of nitrogens with one attached hydrogen (secondary N) is 4. The molecule has 0 saturated carbocycles. The lowest BCUT2D eigenvalue weighted by Crippen LogP contribution is -2.49. The zero-order chi connectivity index (χ0) is 20.9. The average molecular weight is 397 g/mol. The molecule has 1 atom stereocenters. The van der Waals surface area contributed by atoms with Crippen LogP contribution in [0.4, 0.5) is 20.6 Å². The predicted molar refractivity (Wildman–Crippen MR) is 98.8 cm³/mol. The maximum absolute atomic E-state index is 14.3. The van der Waals surface area contributed by atoms with Gasteiger partial charge >= 0.3 is 6.09 Å². The smallest absolute Gasteiger partial charge is 0.414 e. The van der Waals surface area contributed by atoms with Crippen molar-refractivity contribution < 1.29 is 28.6 Å². The number of hydrogen-bond donors (Lipinski definition) is 5. The second kappa shape index (κ2) is 8.85. The van der Waals surface area contributed by atoms with Crippen LogP contribution in [0.3, 0.4) is 0 Å². The van der Waals surface area contributed by atoms with E-state index in [1.54, 1.807) is 6.07 Å². The van der Waals surface area contributed by atoms with Crippen LogP contribution >= 0.6 is 0 Å². The zero-order valence-electron chi connectivity index (χ0n) is 15.8. The third kappa shape index (κ3) is 5.79. The van der Waals surface area contributed by atoms with E-state index in [9.17, 15) is 23.9 Å². The Hall–Kier alpha value is -2.92. The van der Waals surface area contributed by atoms with Crippen molar-refractivity contribution in [2.24, 2.45) is 0 Å². The third-order valence-corrected chi connectivity index (χ3v) is 3.84. The number of cyclic esters (lactones) is 1. The van der Waals surface area contributed by atoms with Gasteiger partial charge in [0, 0.05) is 6.92 Å². The van der Waals surface area contributed by atoms with Crippen molar-refractivity contribution in [2.75, 3.05) is 30.0 Å². The lowest BCUT2D eigenvalue weighted by Gasteiger charge is -2.18. The van der Waals surface area contributed by atoms with Crippen LogP contribution in [0, 0.1) is 5.82 Å². The number of benzene rings is 1. The van der Waals surface area contributed by atoms with Crippen molar-refractivity contribution in [3.63, 3.8) is 0 Å². The van der Waals surface area contributed by atoms with Gasteiger partial charge in [0.2, 0.25) is 5.91 Å². The third-order valence-electron chi connectivity index (χ3n) is 3.84. The number of hydrazine groups is 1. The molecule has 0 aromatic heterocycles. The van der Waals surface area contributed by atoms with Crippen LogP contribution in [-0.4, -0.2) is 54.5 Å². The standard InChI is InChI=1S/C17H24FN5O5/c1-10(24)19-7-12-8-23(16(26)28-12)11-4-5-14(13(18)6-11)20-9-21-22-15(25)17(2,3)27/h4-6,12,20-21,27H,7-9H2,1-3H3,(H,19,24)(H,22,25)/t12-/m0/s1. The molecule has 3 amide bonds. The van der Waals surface area contributed by atoms with E-state index in [1.165, 1.54) is 37.8 Å². The summed E-state index contributed by atoms with van der Waals surface area (Å²) in [6.07, 6.45) is -1.13. The molecule has 0 radical (unpaired) electrons. The summed E-state index contributed by atoms with van der Waals surface area (Å²) in [4.78, 5) is 35.7. The van der Waals surface area contributed by atoms with Gasteiger partial charge in [0.05, 0.1) is 31.1 Å². The highest BCUT2D eigenvalue weighted by Crippen LogP contribution is 2.25. The van der Waals surface area contributed by atoms with Crippen LogP contribution in [0.5, 0.6) is 0 Å². The summed E-state index contributed by atoms with van der Waals surface area (Å²) in [7, 11) is 0. The summed E-state index contributed by atoms with van der Waals surface area (Å²) in [5.74, 6) is -1.47. The van der Waals surface area contributed by atoms with Gasteiger partial charge in [-0.1, -0.05) is 0 Å². The number of ether oxygens (including phenoxy) is 1. The molecular weight excluding hydrogens is 373 g/mol. The minimum absolute atomic E-state index is 0.00261. The fraction of sp³-hybridized carbons (Fsp3) is 0.471. The minimum Gasteiger partial charge on any atom is -0.442 e. The van der Waals surface area contributed by atoms with Gasteiger partial charge in [-0.3, -0.25) is 19.9 Å². The molecule has 1 aromatic rings. The number of halogens is 1. The number of carbonyl (C=O) groups is 3. The largest absolute Gasteiger partial charge is 0.442 e. The van der Waals surface area contributed by atoms with E-state index in [1.807, 2.05) is 0 Å². The van der Waals surface area contributed by atoms with Crippen molar-refractivity contribution >= 4 is 29.3 Å². The van der Waals surface area contributed by atoms with E-state index in [0.29, 0.717) is 5.69 Å². The van der Waals surface area contributed by atoms with E-state index in [4.69, 9.17) is 4.74 Å². The van der Waals surface area contributed by atoms with E-state index in [2.05, 4.69) is 21.5 Å². The molecule has 10 nitrogen and oxygen atoms in total. The Morgan fingerprint density at radius 1 is 1.39 bits per heavy atom. The van der Waals surface area contributed by atoms with Gasteiger partial charge in [0.25, 0.3) is 5.91 Å². The number of anilines is 2. The van der Waals surface area contributed by atoms with Crippen molar-refractivity contribution in [3.05, 3.63) is 24.0 Å². The van der Waals surface area contributed by atoms with E-state index in [-0.39, 0.29) is 31.4 Å². The Bertz CT molecular complexity index is 752. The second-order valence-electron chi connectivity index (χ2n) is 6.76. The highest BCUT2D eigenvalue weighted by atomic mass is 19.1. The zero-order valence-corrected chi connectivity index (χ0v) is 15.8. The van der Waals surface area contributed by atoms with Crippen LogP contribution in [0.1, 0.15) is 20.8 Å². The van der Waals surface area contributed by atoms with Gasteiger partial charge < -0.3 is 20.5 Å². The Labute approximate surface area is 161 Å². The van der Waals surface area contributed by atoms with Crippen molar-refractivity contribution in [1.29, 1.82) is 0 Å². The first-order chi connectivity index (χ1) is 13.1. The van der Waals surface area contributed by atoms with E-state index in [0.717, 1.165) is 0 Å². The molecule has 11 heteroatoms. The monoisotopic (exact) mass is 397 g/mol. The molecule has 1 heterocycles. The van der Waals surface area contributed by atoms with Gasteiger partial charge in [-0.25, -0.2) is 14.6 Å². The number of hydrogen-bond acceptors (Lipinski definition) is 7. The predicted octanol–water partition coefficient (Wildman–Crippen LogP) is 0.0481. The number of aliphatic hydroxyl groups is 1. The first-order valence-corrected chi connectivity index (χ1v) is 8.59. The fourth-order valence-corrected chi connectivity index (χ4v) is 2.33. The normalized spacial score (nSPS) is 16.5. The number of amides is 3. The van der Waals surface area contributed by atoms with Crippen molar-refractivity contribution in [1.82, 2.24) is 16.2 Å². The van der Waals surface area contributed by atoms with Gasteiger partial charge in [0.1, 0.15) is 17.5 Å². The molecule has 154 valence electrons. The molecule has 1 aromatic carbocycles. The first-order valence-electron chi connectivity index (χ1n) is 8.59. The van der Waals surface area contributed by atoms with Crippen molar-refractivity contribution in [3.8, 4) is 0 Å². The Kier molecular flexibility index (Phi) is 6.75. The number of rotatable bonds is 8. The van der Waals surface area contributed by atoms with Gasteiger partial charge in [-0.2, -0.15) is 0 Å². The van der Waals surface area contributed by atoms with Crippen LogP contribution in [0.2, 0.25) is 0 Å². The highest BCUT2D eigenvalue weighted by molar-refractivity contribution is 5.90. The van der Waals surface area contributed by atoms with E-state index >= 15 is 0 Å². The molecule has 1 aliphatic rings. The van der Waals surface area contributed by atoms with Gasteiger partial charge in [-0.15, -0.1) is 0 Å². The summed E-state index contributed by atoms with van der Waals surface area (Å²) in [5.41, 5.74) is 3.72. The SMILES string of the molecule is CC(=O)NC[C@H]1CN(c2ccc(NCNNC(=O)C(C)(C)O)c(F)c2)C(=O)O1. The number of nitrogens with zero attached hydrogens (tertiary/aromatic N) is 1. The van der Waals surface area contributed by atoms with E-state index < -0.39 is 29.5 Å². The number of carbonyl (C=O) groups excluding carboxylic acids is 3. The molecule has 28 heavy (non-hydrogen) atoms. The quantitative estimate of drug-likeness (QED) is 0.238. The molecule has 0 aliphatic carbocycles. The Morgan fingerprint density at radius 3 is 2.71 bits per heavy atom. The summed E-state index contributed by atoms with van der Waals surface area (Å²) in [6, 6.07) is 4.17. The second-order valence-corrected chi connectivity index (χ2v) is 6.76.